The highest BCUT2D eigenvalue weighted by molar-refractivity contribution is 5.73. The van der Waals surface area contributed by atoms with E-state index in [2.05, 4.69) is 5.32 Å². The van der Waals surface area contributed by atoms with E-state index in [1.165, 1.54) is 11.8 Å². The molecule has 0 heterocycles. The smallest absolute Gasteiger partial charge is 0.220 e. The maximum Gasteiger partial charge on any atom is 0.220 e. The molecule has 0 fully saturated rings. The molecular weight excluding hydrogens is 208 g/mol. The van der Waals surface area contributed by atoms with Gasteiger partial charge in [-0.05, 0) is 12.8 Å². The van der Waals surface area contributed by atoms with Crippen LogP contribution < -0.4 is 5.32 Å². The summed E-state index contributed by atoms with van der Waals surface area (Å²) >= 11 is 0. The third kappa shape index (κ3) is 6.76. The molecule has 0 rings (SSSR count). The van der Waals surface area contributed by atoms with Crippen molar-refractivity contribution < 1.29 is 15.0 Å². The summed E-state index contributed by atoms with van der Waals surface area (Å²) in [6.07, 6.45) is 0.443. The van der Waals surface area contributed by atoms with Gasteiger partial charge < -0.3 is 15.1 Å². The van der Waals surface area contributed by atoms with Crippen molar-refractivity contribution in [1.29, 1.82) is 0 Å². The second kappa shape index (κ2) is 8.50. The van der Waals surface area contributed by atoms with Crippen LogP contribution in [0.15, 0.2) is 0 Å². The number of carbonyl (C=O) groups excluding carboxylic acids is 1. The monoisotopic (exact) mass is 232 g/mol. The van der Waals surface area contributed by atoms with E-state index in [1.807, 2.05) is 13.8 Å². The Morgan fingerprint density at radius 1 is 1.25 bits per heavy atom. The van der Waals surface area contributed by atoms with Crippen LogP contribution in [-0.4, -0.2) is 53.0 Å². The quantitative estimate of drug-likeness (QED) is 0.512. The number of rotatable bonds is 8. The van der Waals surface area contributed by atoms with Crippen LogP contribution in [0, 0.1) is 0 Å². The zero-order valence-corrected chi connectivity index (χ0v) is 10.4. The Balaban J connectivity index is 3.90. The minimum Gasteiger partial charge on any atom is -0.392 e. The molecule has 0 aliphatic heterocycles. The summed E-state index contributed by atoms with van der Waals surface area (Å²) in [6.45, 7) is 6.40. The number of hydrogen-bond acceptors (Lipinski definition) is 4. The van der Waals surface area contributed by atoms with Crippen molar-refractivity contribution in [1.82, 2.24) is 10.2 Å². The largest absolute Gasteiger partial charge is 0.392 e. The van der Waals surface area contributed by atoms with Crippen molar-refractivity contribution in [2.45, 2.75) is 45.8 Å². The van der Waals surface area contributed by atoms with Crippen LogP contribution in [-0.2, 0) is 4.79 Å². The molecule has 96 valence electrons. The Bertz CT molecular complexity index is 200. The Morgan fingerprint density at radius 2 is 1.81 bits per heavy atom. The molecule has 1 amide bonds. The molecule has 5 nitrogen and oxygen atoms in total. The first-order valence-electron chi connectivity index (χ1n) is 5.83. The number of amides is 1. The van der Waals surface area contributed by atoms with Crippen molar-refractivity contribution in [3.63, 3.8) is 0 Å². The Labute approximate surface area is 97.4 Å². The molecule has 0 aromatic heterocycles. The average Bonchev–Trinajstić information content (AvgIpc) is 2.26. The van der Waals surface area contributed by atoms with Gasteiger partial charge in [0, 0.05) is 20.0 Å². The summed E-state index contributed by atoms with van der Waals surface area (Å²) in [7, 11) is 0. The highest BCUT2D eigenvalue weighted by atomic mass is 16.3. The predicted octanol–water partition coefficient (Wildman–Crippen LogP) is -0.0762. The van der Waals surface area contributed by atoms with E-state index in [4.69, 9.17) is 0 Å². The summed E-state index contributed by atoms with van der Waals surface area (Å²) in [5, 5.41) is 21.8. The fourth-order valence-corrected chi connectivity index (χ4v) is 1.20. The maximum atomic E-state index is 11.3. The Morgan fingerprint density at radius 3 is 2.25 bits per heavy atom. The average molecular weight is 232 g/mol. The first-order chi connectivity index (χ1) is 7.51. The van der Waals surface area contributed by atoms with Gasteiger partial charge in [0.05, 0.1) is 18.9 Å². The minimum absolute atomic E-state index is 0.0778. The number of hydrogen-bond donors (Lipinski definition) is 3. The van der Waals surface area contributed by atoms with Crippen LogP contribution in [0.25, 0.3) is 0 Å². The van der Waals surface area contributed by atoms with E-state index in [0.29, 0.717) is 32.6 Å². The first kappa shape index (κ1) is 15.3. The topological polar surface area (TPSA) is 72.8 Å². The summed E-state index contributed by atoms with van der Waals surface area (Å²) in [6, 6.07) is 0. The lowest BCUT2D eigenvalue weighted by Crippen LogP contribution is -2.43. The van der Waals surface area contributed by atoms with Crippen LogP contribution >= 0.6 is 0 Å². The zero-order chi connectivity index (χ0) is 12.6. The summed E-state index contributed by atoms with van der Waals surface area (Å²) in [5.74, 6) is -0.0778. The Hall–Kier alpha value is -0.650. The van der Waals surface area contributed by atoms with Gasteiger partial charge in [-0.25, -0.2) is 0 Å². The summed E-state index contributed by atoms with van der Waals surface area (Å²) < 4.78 is 0. The molecule has 0 aliphatic carbocycles. The van der Waals surface area contributed by atoms with Gasteiger partial charge in [-0.2, -0.15) is 0 Å². The fraction of sp³-hybridized carbons (Fsp3) is 0.909. The molecule has 0 radical (unpaired) electrons. The molecule has 0 aromatic carbocycles. The lowest BCUT2D eigenvalue weighted by atomic mass is 10.2. The second-order valence-electron chi connectivity index (χ2n) is 3.98. The van der Waals surface area contributed by atoms with Gasteiger partial charge in [0.15, 0.2) is 0 Å². The number of nitrogens with one attached hydrogen (secondary N) is 1. The highest BCUT2D eigenvalue weighted by Gasteiger charge is 2.12. The minimum atomic E-state index is -0.484. The fourth-order valence-electron chi connectivity index (χ4n) is 1.20. The molecule has 0 aromatic rings. The van der Waals surface area contributed by atoms with Crippen molar-refractivity contribution in [3.05, 3.63) is 0 Å². The standard InChI is InChI=1S/C11H24N2O3/c1-4-10(15)6-12-8-13(9(3)14)7-11(16)5-2/h10-12,15-16H,4-8H2,1-3H3. The van der Waals surface area contributed by atoms with Crippen LogP contribution in [0.5, 0.6) is 0 Å². The third-order valence-electron chi connectivity index (χ3n) is 2.50. The van der Waals surface area contributed by atoms with Crippen molar-refractivity contribution in [3.8, 4) is 0 Å². The zero-order valence-electron chi connectivity index (χ0n) is 10.4. The van der Waals surface area contributed by atoms with Crippen LogP contribution in [0.2, 0.25) is 0 Å². The molecule has 0 saturated carbocycles. The van der Waals surface area contributed by atoms with E-state index in [1.54, 1.807) is 0 Å². The lowest BCUT2D eigenvalue weighted by Gasteiger charge is -2.24. The van der Waals surface area contributed by atoms with Gasteiger partial charge >= 0.3 is 0 Å². The third-order valence-corrected chi connectivity index (χ3v) is 2.50. The van der Waals surface area contributed by atoms with Crippen LogP contribution in [0.4, 0.5) is 0 Å². The second-order valence-corrected chi connectivity index (χ2v) is 3.98. The Kier molecular flexibility index (Phi) is 8.15. The van der Waals surface area contributed by atoms with Crippen LogP contribution in [0.1, 0.15) is 33.6 Å². The molecule has 0 saturated heterocycles. The molecule has 2 unspecified atom stereocenters. The molecule has 16 heavy (non-hydrogen) atoms. The number of carbonyl (C=O) groups is 1. The molecule has 5 heteroatoms. The maximum absolute atomic E-state index is 11.3. The van der Waals surface area contributed by atoms with E-state index in [9.17, 15) is 15.0 Å². The SMILES string of the molecule is CCC(O)CNCN(CC(O)CC)C(C)=O. The molecule has 0 spiro atoms. The van der Waals surface area contributed by atoms with Crippen molar-refractivity contribution in [2.75, 3.05) is 19.8 Å². The molecule has 3 N–H and O–H groups in total. The van der Waals surface area contributed by atoms with E-state index >= 15 is 0 Å². The first-order valence-corrected chi connectivity index (χ1v) is 5.83. The molecule has 0 aliphatic rings. The van der Waals surface area contributed by atoms with Gasteiger partial charge in [-0.15, -0.1) is 0 Å². The normalized spacial score (nSPS) is 14.6. The molecule has 0 bridgehead atoms. The lowest BCUT2D eigenvalue weighted by molar-refractivity contribution is -0.130. The van der Waals surface area contributed by atoms with Crippen molar-refractivity contribution in [2.24, 2.45) is 0 Å². The predicted molar refractivity (Wildman–Crippen MR) is 62.9 cm³/mol. The van der Waals surface area contributed by atoms with Gasteiger partial charge in [-0.3, -0.25) is 10.1 Å². The number of aliphatic hydroxyl groups excluding tert-OH is 2. The van der Waals surface area contributed by atoms with Gasteiger partial charge in [0.2, 0.25) is 5.91 Å². The van der Waals surface area contributed by atoms with Gasteiger partial charge in [0.1, 0.15) is 0 Å². The van der Waals surface area contributed by atoms with E-state index < -0.39 is 6.10 Å². The van der Waals surface area contributed by atoms with Gasteiger partial charge in [0.25, 0.3) is 0 Å². The van der Waals surface area contributed by atoms with Gasteiger partial charge in [-0.1, -0.05) is 13.8 Å². The molecular formula is C11H24N2O3. The van der Waals surface area contributed by atoms with Crippen molar-refractivity contribution >= 4 is 5.91 Å². The summed E-state index contributed by atoms with van der Waals surface area (Å²) in [4.78, 5) is 12.8. The van der Waals surface area contributed by atoms with E-state index in [-0.39, 0.29) is 12.0 Å². The highest BCUT2D eigenvalue weighted by Crippen LogP contribution is 1.96. The summed E-state index contributed by atoms with van der Waals surface area (Å²) in [5.41, 5.74) is 0. The number of nitrogens with zero attached hydrogens (tertiary/aromatic N) is 1. The van der Waals surface area contributed by atoms with Crippen LogP contribution in [0.3, 0.4) is 0 Å². The molecule has 2 atom stereocenters. The number of aliphatic hydroxyl groups is 2. The van der Waals surface area contributed by atoms with E-state index in [0.717, 1.165) is 0 Å².